The predicted octanol–water partition coefficient (Wildman–Crippen LogP) is 1.39. The molecule has 0 unspecified atom stereocenters. The van der Waals surface area contributed by atoms with Crippen LogP contribution < -0.4 is 10.5 Å². The number of rotatable bonds is 6. The molecule has 110 valence electrons. The molecule has 0 bridgehead atoms. The highest BCUT2D eigenvalue weighted by Gasteiger charge is 2.30. The number of carbonyl (C=O) groups is 2. The van der Waals surface area contributed by atoms with E-state index in [1.165, 1.54) is 7.11 Å². The molecule has 0 aromatic heterocycles. The number of nitrogens with two attached hydrogens (primary N) is 1. The molecule has 0 fully saturated rings. The van der Waals surface area contributed by atoms with Crippen LogP contribution in [0.1, 0.15) is 13.8 Å². The van der Waals surface area contributed by atoms with E-state index in [4.69, 9.17) is 15.2 Å². The van der Waals surface area contributed by atoms with Gasteiger partial charge in [-0.1, -0.05) is 0 Å². The molecule has 0 saturated heterocycles. The average molecular weight is 281 g/mol. The van der Waals surface area contributed by atoms with Crippen LogP contribution in [0.3, 0.4) is 0 Å². The van der Waals surface area contributed by atoms with E-state index < -0.39 is 17.4 Å². The molecule has 0 aliphatic heterocycles. The molecule has 1 aromatic rings. The predicted molar refractivity (Wildman–Crippen MR) is 73.1 cm³/mol. The molecule has 1 rings (SSSR count). The van der Waals surface area contributed by atoms with Gasteiger partial charge in [-0.2, -0.15) is 0 Å². The fourth-order valence-corrected chi connectivity index (χ4v) is 1.34. The van der Waals surface area contributed by atoms with Gasteiger partial charge in [0.1, 0.15) is 12.4 Å². The standard InChI is InChI=1S/C14H19NO5/c1-14(2,13(17)18-3)9-20-12(16)8-19-11-6-4-10(15)5-7-11/h4-7H,8-9,15H2,1-3H3. The number of carbonyl (C=O) groups excluding carboxylic acids is 2. The molecule has 2 N–H and O–H groups in total. The molecule has 20 heavy (non-hydrogen) atoms. The van der Waals surface area contributed by atoms with Crippen molar-refractivity contribution in [1.82, 2.24) is 0 Å². The summed E-state index contributed by atoms with van der Waals surface area (Å²) in [5.74, 6) is -0.480. The van der Waals surface area contributed by atoms with Gasteiger partial charge >= 0.3 is 11.9 Å². The highest BCUT2D eigenvalue weighted by molar-refractivity contribution is 5.77. The van der Waals surface area contributed by atoms with E-state index in [0.717, 1.165) is 0 Å². The number of esters is 2. The van der Waals surface area contributed by atoms with Gasteiger partial charge in [-0.15, -0.1) is 0 Å². The molecular formula is C14H19NO5. The van der Waals surface area contributed by atoms with E-state index in [1.807, 2.05) is 0 Å². The minimum Gasteiger partial charge on any atom is -0.482 e. The molecule has 0 aliphatic rings. The third-order valence-electron chi connectivity index (χ3n) is 2.57. The van der Waals surface area contributed by atoms with E-state index in [-0.39, 0.29) is 13.2 Å². The van der Waals surface area contributed by atoms with E-state index in [0.29, 0.717) is 11.4 Å². The molecular weight excluding hydrogens is 262 g/mol. The van der Waals surface area contributed by atoms with Gasteiger partial charge < -0.3 is 19.9 Å². The van der Waals surface area contributed by atoms with Crippen LogP contribution in [0.25, 0.3) is 0 Å². The van der Waals surface area contributed by atoms with Crippen LogP contribution in [0.2, 0.25) is 0 Å². The van der Waals surface area contributed by atoms with Crippen LogP contribution in [-0.4, -0.2) is 32.3 Å². The number of nitrogen functional groups attached to an aromatic ring is 1. The molecule has 0 heterocycles. The van der Waals surface area contributed by atoms with Gasteiger partial charge in [-0.25, -0.2) is 4.79 Å². The largest absolute Gasteiger partial charge is 0.482 e. The second-order valence-electron chi connectivity index (χ2n) is 4.89. The fraction of sp³-hybridized carbons (Fsp3) is 0.429. The summed E-state index contributed by atoms with van der Waals surface area (Å²) in [6, 6.07) is 6.64. The fourth-order valence-electron chi connectivity index (χ4n) is 1.34. The highest BCUT2D eigenvalue weighted by Crippen LogP contribution is 2.17. The lowest BCUT2D eigenvalue weighted by Crippen LogP contribution is -2.32. The maximum absolute atomic E-state index is 11.5. The van der Waals surface area contributed by atoms with E-state index in [9.17, 15) is 9.59 Å². The molecule has 0 radical (unpaired) electrons. The summed E-state index contributed by atoms with van der Waals surface area (Å²) in [5, 5.41) is 0. The smallest absolute Gasteiger partial charge is 0.344 e. The zero-order valence-electron chi connectivity index (χ0n) is 11.8. The Labute approximate surface area is 117 Å². The van der Waals surface area contributed by atoms with E-state index in [1.54, 1.807) is 38.1 Å². The first kappa shape index (κ1) is 15.8. The van der Waals surface area contributed by atoms with Crippen molar-refractivity contribution < 1.29 is 23.8 Å². The van der Waals surface area contributed by atoms with Gasteiger partial charge in [0.25, 0.3) is 0 Å². The Morgan fingerprint density at radius 1 is 1.20 bits per heavy atom. The first-order valence-electron chi connectivity index (χ1n) is 6.07. The summed E-state index contributed by atoms with van der Waals surface area (Å²) in [6.07, 6.45) is 0. The summed E-state index contributed by atoms with van der Waals surface area (Å²) >= 11 is 0. The van der Waals surface area contributed by atoms with Gasteiger partial charge in [0, 0.05) is 5.69 Å². The second-order valence-corrected chi connectivity index (χ2v) is 4.89. The van der Waals surface area contributed by atoms with Crippen molar-refractivity contribution in [2.75, 3.05) is 26.1 Å². The Morgan fingerprint density at radius 2 is 1.80 bits per heavy atom. The molecule has 0 spiro atoms. The SMILES string of the molecule is COC(=O)C(C)(C)COC(=O)COc1ccc(N)cc1. The van der Waals surface area contributed by atoms with Gasteiger partial charge in [0.15, 0.2) is 6.61 Å². The topological polar surface area (TPSA) is 87.8 Å². The average Bonchev–Trinajstić information content (AvgIpc) is 2.43. The molecule has 0 amide bonds. The molecule has 6 nitrogen and oxygen atoms in total. The number of benzene rings is 1. The van der Waals surface area contributed by atoms with Crippen molar-refractivity contribution >= 4 is 17.6 Å². The van der Waals surface area contributed by atoms with Crippen LogP contribution in [0, 0.1) is 5.41 Å². The van der Waals surface area contributed by atoms with E-state index in [2.05, 4.69) is 4.74 Å². The normalized spacial score (nSPS) is 10.8. The zero-order chi connectivity index (χ0) is 15.2. The lowest BCUT2D eigenvalue weighted by molar-refractivity contribution is -0.160. The van der Waals surface area contributed by atoms with Crippen molar-refractivity contribution in [2.24, 2.45) is 5.41 Å². The van der Waals surface area contributed by atoms with Crippen LogP contribution >= 0.6 is 0 Å². The highest BCUT2D eigenvalue weighted by atomic mass is 16.6. The monoisotopic (exact) mass is 281 g/mol. The lowest BCUT2D eigenvalue weighted by Gasteiger charge is -2.20. The molecule has 1 aromatic carbocycles. The second kappa shape index (κ2) is 6.79. The van der Waals surface area contributed by atoms with Gasteiger partial charge in [0.05, 0.1) is 12.5 Å². The van der Waals surface area contributed by atoms with Gasteiger partial charge in [-0.05, 0) is 38.1 Å². The van der Waals surface area contributed by atoms with Crippen molar-refractivity contribution in [2.45, 2.75) is 13.8 Å². The Kier molecular flexibility index (Phi) is 5.37. The summed E-state index contributed by atoms with van der Waals surface area (Å²) in [4.78, 5) is 22.9. The van der Waals surface area contributed by atoms with Crippen molar-refractivity contribution in [1.29, 1.82) is 0 Å². The van der Waals surface area contributed by atoms with Crippen molar-refractivity contribution in [3.05, 3.63) is 24.3 Å². The maximum atomic E-state index is 11.5. The number of hydrogen-bond donors (Lipinski definition) is 1. The Morgan fingerprint density at radius 3 is 2.35 bits per heavy atom. The summed E-state index contributed by atoms with van der Waals surface area (Å²) in [5.41, 5.74) is 5.26. The Balaban J connectivity index is 2.37. The van der Waals surface area contributed by atoms with Crippen LogP contribution in [0.5, 0.6) is 5.75 Å². The molecule has 0 aliphatic carbocycles. The molecule has 0 atom stereocenters. The number of hydrogen-bond acceptors (Lipinski definition) is 6. The minimum absolute atomic E-state index is 0.0659. The maximum Gasteiger partial charge on any atom is 0.344 e. The minimum atomic E-state index is -0.883. The summed E-state index contributed by atoms with van der Waals surface area (Å²) in [7, 11) is 1.29. The van der Waals surface area contributed by atoms with Crippen molar-refractivity contribution in [3.8, 4) is 5.75 Å². The third kappa shape index (κ3) is 4.79. The van der Waals surface area contributed by atoms with Gasteiger partial charge in [0.2, 0.25) is 0 Å². The quantitative estimate of drug-likeness (QED) is 0.626. The zero-order valence-corrected chi connectivity index (χ0v) is 11.8. The Hall–Kier alpha value is -2.24. The van der Waals surface area contributed by atoms with Crippen LogP contribution in [0.4, 0.5) is 5.69 Å². The molecule has 0 saturated carbocycles. The number of methoxy groups -OCH3 is 1. The summed E-state index contributed by atoms with van der Waals surface area (Å²) < 4.78 is 14.8. The Bertz CT molecular complexity index is 467. The van der Waals surface area contributed by atoms with Crippen LogP contribution in [-0.2, 0) is 19.1 Å². The van der Waals surface area contributed by atoms with E-state index >= 15 is 0 Å². The van der Waals surface area contributed by atoms with Crippen LogP contribution in [0.15, 0.2) is 24.3 Å². The third-order valence-corrected chi connectivity index (χ3v) is 2.57. The first-order chi connectivity index (χ1) is 9.35. The summed E-state index contributed by atoms with van der Waals surface area (Å²) in [6.45, 7) is 2.96. The lowest BCUT2D eigenvalue weighted by atomic mass is 9.95. The first-order valence-corrected chi connectivity index (χ1v) is 6.07. The molecule has 6 heteroatoms. The van der Waals surface area contributed by atoms with Crippen molar-refractivity contribution in [3.63, 3.8) is 0 Å². The number of anilines is 1. The number of ether oxygens (including phenoxy) is 3. The van der Waals surface area contributed by atoms with Gasteiger partial charge in [-0.3, -0.25) is 4.79 Å².